The number of hydrogen-bond donors (Lipinski definition) is 2. The molecule has 0 radical (unpaired) electrons. The summed E-state index contributed by atoms with van der Waals surface area (Å²) in [7, 11) is 0. The SMILES string of the molecule is N#CCCNC(=O)CN(CCO)CC(F)F. The summed E-state index contributed by atoms with van der Waals surface area (Å²) in [6.07, 6.45) is -2.36. The van der Waals surface area contributed by atoms with E-state index in [1.165, 1.54) is 0 Å². The molecule has 0 spiro atoms. The first-order valence-electron chi connectivity index (χ1n) is 4.85. The molecular weight excluding hydrogens is 220 g/mol. The summed E-state index contributed by atoms with van der Waals surface area (Å²) in [5.74, 6) is -0.427. The van der Waals surface area contributed by atoms with Gasteiger partial charge in [0.2, 0.25) is 5.91 Å². The van der Waals surface area contributed by atoms with Crippen LogP contribution in [-0.2, 0) is 4.79 Å². The van der Waals surface area contributed by atoms with Crippen molar-refractivity contribution in [1.29, 1.82) is 5.26 Å². The smallest absolute Gasteiger partial charge is 0.251 e. The van der Waals surface area contributed by atoms with E-state index in [0.29, 0.717) is 0 Å². The van der Waals surface area contributed by atoms with Crippen LogP contribution in [0, 0.1) is 11.3 Å². The van der Waals surface area contributed by atoms with E-state index in [1.807, 2.05) is 6.07 Å². The molecule has 92 valence electrons. The molecular formula is C9H15F2N3O2. The van der Waals surface area contributed by atoms with Crippen LogP contribution >= 0.6 is 0 Å². The number of nitrogens with one attached hydrogen (secondary N) is 1. The number of rotatable bonds is 8. The van der Waals surface area contributed by atoms with Gasteiger partial charge in [0, 0.05) is 13.1 Å². The predicted octanol–water partition coefficient (Wildman–Crippen LogP) is -0.424. The van der Waals surface area contributed by atoms with Gasteiger partial charge < -0.3 is 10.4 Å². The highest BCUT2D eigenvalue weighted by Crippen LogP contribution is 1.97. The average molecular weight is 235 g/mol. The molecule has 0 aliphatic heterocycles. The number of nitriles is 1. The van der Waals surface area contributed by atoms with Crippen molar-refractivity contribution < 1.29 is 18.7 Å². The number of amides is 1. The van der Waals surface area contributed by atoms with E-state index in [1.54, 1.807) is 0 Å². The van der Waals surface area contributed by atoms with Crippen LogP contribution in [0.1, 0.15) is 6.42 Å². The zero-order valence-corrected chi connectivity index (χ0v) is 8.83. The van der Waals surface area contributed by atoms with Crippen LogP contribution in [0.2, 0.25) is 0 Å². The quantitative estimate of drug-likeness (QED) is 0.560. The van der Waals surface area contributed by atoms with Crippen LogP contribution in [-0.4, -0.2) is 55.1 Å². The van der Waals surface area contributed by atoms with E-state index in [4.69, 9.17) is 10.4 Å². The highest BCUT2D eigenvalue weighted by Gasteiger charge is 2.14. The third kappa shape index (κ3) is 8.08. The number of carbonyl (C=O) groups excluding carboxylic acids is 1. The van der Waals surface area contributed by atoms with Crippen LogP contribution in [0.15, 0.2) is 0 Å². The second kappa shape index (κ2) is 9.00. The van der Waals surface area contributed by atoms with E-state index in [-0.39, 0.29) is 32.7 Å². The Labute approximate surface area is 92.6 Å². The maximum absolute atomic E-state index is 12.1. The monoisotopic (exact) mass is 235 g/mol. The lowest BCUT2D eigenvalue weighted by atomic mass is 10.4. The molecule has 2 N–H and O–H groups in total. The summed E-state index contributed by atoms with van der Waals surface area (Å²) < 4.78 is 24.1. The Balaban J connectivity index is 3.88. The molecule has 0 saturated carbocycles. The van der Waals surface area contributed by atoms with Crippen LogP contribution in [0.4, 0.5) is 8.78 Å². The van der Waals surface area contributed by atoms with E-state index >= 15 is 0 Å². The van der Waals surface area contributed by atoms with Gasteiger partial charge in [-0.3, -0.25) is 9.69 Å². The van der Waals surface area contributed by atoms with Crippen molar-refractivity contribution in [2.45, 2.75) is 12.8 Å². The number of nitrogens with zero attached hydrogens (tertiary/aromatic N) is 2. The summed E-state index contributed by atoms with van der Waals surface area (Å²) in [6, 6.07) is 1.85. The van der Waals surface area contributed by atoms with Gasteiger partial charge in [-0.05, 0) is 0 Å². The molecule has 1 amide bonds. The lowest BCUT2D eigenvalue weighted by Gasteiger charge is -2.19. The third-order valence-corrected chi connectivity index (χ3v) is 1.74. The van der Waals surface area contributed by atoms with E-state index < -0.39 is 18.9 Å². The molecule has 0 saturated heterocycles. The number of halogens is 2. The second-order valence-corrected chi connectivity index (χ2v) is 3.11. The molecule has 0 heterocycles. The minimum absolute atomic E-state index is 0.0238. The Morgan fingerprint density at radius 2 is 2.25 bits per heavy atom. The fraction of sp³-hybridized carbons (Fsp3) is 0.778. The molecule has 7 heteroatoms. The Morgan fingerprint density at radius 1 is 1.56 bits per heavy atom. The van der Waals surface area contributed by atoms with Crippen molar-refractivity contribution in [3.05, 3.63) is 0 Å². The summed E-state index contributed by atoms with van der Waals surface area (Å²) >= 11 is 0. The summed E-state index contributed by atoms with van der Waals surface area (Å²) in [4.78, 5) is 12.4. The predicted molar refractivity (Wildman–Crippen MR) is 52.8 cm³/mol. The number of aliphatic hydroxyl groups is 1. The van der Waals surface area contributed by atoms with Gasteiger partial charge in [0.05, 0.1) is 32.2 Å². The number of hydrogen-bond acceptors (Lipinski definition) is 4. The highest BCUT2D eigenvalue weighted by molar-refractivity contribution is 5.77. The standard InChI is InChI=1S/C9H15F2N3O2/c10-8(11)6-14(4-5-15)7-9(16)13-3-1-2-12/h8,15H,1,3-7H2,(H,13,16). The van der Waals surface area contributed by atoms with Gasteiger partial charge in [-0.2, -0.15) is 5.26 Å². The fourth-order valence-corrected chi connectivity index (χ4v) is 1.09. The van der Waals surface area contributed by atoms with Gasteiger partial charge in [-0.1, -0.05) is 0 Å². The van der Waals surface area contributed by atoms with Crippen LogP contribution in [0.3, 0.4) is 0 Å². The lowest BCUT2D eigenvalue weighted by Crippen LogP contribution is -2.41. The van der Waals surface area contributed by atoms with E-state index in [9.17, 15) is 13.6 Å². The minimum Gasteiger partial charge on any atom is -0.395 e. The molecule has 0 aliphatic carbocycles. The van der Waals surface area contributed by atoms with Gasteiger partial charge in [0.1, 0.15) is 0 Å². The van der Waals surface area contributed by atoms with E-state index in [2.05, 4.69) is 5.32 Å². The topological polar surface area (TPSA) is 76.4 Å². The summed E-state index contributed by atoms with van der Waals surface area (Å²) in [5.41, 5.74) is 0. The first kappa shape index (κ1) is 14.7. The Hall–Kier alpha value is -1.26. The molecule has 16 heavy (non-hydrogen) atoms. The van der Waals surface area contributed by atoms with Gasteiger partial charge in [-0.25, -0.2) is 8.78 Å². The summed E-state index contributed by atoms with van der Waals surface area (Å²) in [6.45, 7) is -0.798. The minimum atomic E-state index is -2.54. The molecule has 0 rings (SSSR count). The number of alkyl halides is 2. The normalized spacial score (nSPS) is 10.5. The second-order valence-electron chi connectivity index (χ2n) is 3.11. The van der Waals surface area contributed by atoms with E-state index in [0.717, 1.165) is 4.90 Å². The maximum atomic E-state index is 12.1. The molecule has 0 bridgehead atoms. The van der Waals surface area contributed by atoms with Crippen molar-refractivity contribution in [3.63, 3.8) is 0 Å². The van der Waals surface area contributed by atoms with Gasteiger partial charge >= 0.3 is 0 Å². The first-order chi connectivity index (χ1) is 7.60. The zero-order chi connectivity index (χ0) is 12.4. The molecule has 0 atom stereocenters. The lowest BCUT2D eigenvalue weighted by molar-refractivity contribution is -0.122. The fourth-order valence-electron chi connectivity index (χ4n) is 1.09. The van der Waals surface area contributed by atoms with Gasteiger partial charge in [0.15, 0.2) is 0 Å². The molecule has 0 aromatic heterocycles. The first-order valence-corrected chi connectivity index (χ1v) is 4.85. The van der Waals surface area contributed by atoms with Crippen molar-refractivity contribution in [1.82, 2.24) is 10.2 Å². The maximum Gasteiger partial charge on any atom is 0.251 e. The number of carbonyl (C=O) groups is 1. The number of aliphatic hydroxyl groups excluding tert-OH is 1. The highest BCUT2D eigenvalue weighted by atomic mass is 19.3. The Kier molecular flexibility index (Phi) is 8.29. The van der Waals surface area contributed by atoms with Crippen LogP contribution < -0.4 is 5.32 Å². The Morgan fingerprint density at radius 3 is 2.75 bits per heavy atom. The van der Waals surface area contributed by atoms with Gasteiger partial charge in [0.25, 0.3) is 6.43 Å². The third-order valence-electron chi connectivity index (χ3n) is 1.74. The molecule has 0 aromatic rings. The molecule has 0 aliphatic rings. The molecule has 0 unspecified atom stereocenters. The summed E-state index contributed by atoms with van der Waals surface area (Å²) in [5, 5.41) is 19.3. The Bertz CT molecular complexity index is 243. The van der Waals surface area contributed by atoms with Crippen molar-refractivity contribution in [2.75, 3.05) is 32.8 Å². The van der Waals surface area contributed by atoms with Crippen LogP contribution in [0.5, 0.6) is 0 Å². The molecule has 0 fully saturated rings. The van der Waals surface area contributed by atoms with Gasteiger partial charge in [-0.15, -0.1) is 0 Å². The average Bonchev–Trinajstić information content (AvgIpc) is 2.17. The molecule has 5 nitrogen and oxygen atoms in total. The molecule has 0 aromatic carbocycles. The largest absolute Gasteiger partial charge is 0.395 e. The zero-order valence-electron chi connectivity index (χ0n) is 8.83. The van der Waals surface area contributed by atoms with Crippen molar-refractivity contribution in [3.8, 4) is 6.07 Å². The van der Waals surface area contributed by atoms with Crippen LogP contribution in [0.25, 0.3) is 0 Å². The van der Waals surface area contributed by atoms with Crippen molar-refractivity contribution in [2.24, 2.45) is 0 Å². The van der Waals surface area contributed by atoms with Crippen molar-refractivity contribution >= 4 is 5.91 Å².